The van der Waals surface area contributed by atoms with Gasteiger partial charge in [0.1, 0.15) is 5.82 Å². The molecule has 1 saturated heterocycles. The monoisotopic (exact) mass is 490 g/mol. The molecule has 0 saturated carbocycles. The number of alkyl halides is 3. The molecule has 1 aromatic carbocycles. The Morgan fingerprint density at radius 2 is 1.94 bits per heavy atom. The number of carbonyl (C=O) groups is 1. The smallest absolute Gasteiger partial charge is 0.367 e. The number of nitrogens with one attached hydrogen (secondary N) is 1. The molecule has 1 aliphatic heterocycles. The number of benzene rings is 1. The van der Waals surface area contributed by atoms with Crippen LogP contribution in [0.25, 0.3) is 11.4 Å². The summed E-state index contributed by atoms with van der Waals surface area (Å²) >= 11 is 6.22. The zero-order valence-corrected chi connectivity index (χ0v) is 19.0. The van der Waals surface area contributed by atoms with Crippen molar-refractivity contribution in [2.24, 2.45) is 5.92 Å². The minimum Gasteiger partial charge on any atom is -0.367 e. The van der Waals surface area contributed by atoms with Gasteiger partial charge in [-0.2, -0.15) is 13.2 Å². The number of hydrogen-bond acceptors (Lipinski definition) is 6. The van der Waals surface area contributed by atoms with E-state index in [1.807, 2.05) is 6.92 Å². The maximum Gasteiger partial charge on any atom is 0.435 e. The fourth-order valence-electron chi connectivity index (χ4n) is 4.08. The Hall–Kier alpha value is -3.27. The third-order valence-electron chi connectivity index (χ3n) is 5.84. The van der Waals surface area contributed by atoms with Gasteiger partial charge in [-0.1, -0.05) is 18.5 Å². The number of likely N-dealkylation sites (tertiary alicyclic amines) is 1. The largest absolute Gasteiger partial charge is 0.435 e. The summed E-state index contributed by atoms with van der Waals surface area (Å²) in [7, 11) is 0. The van der Waals surface area contributed by atoms with Crippen molar-refractivity contribution < 1.29 is 18.0 Å². The summed E-state index contributed by atoms with van der Waals surface area (Å²) in [5.41, 5.74) is -0.0850. The van der Waals surface area contributed by atoms with Crippen molar-refractivity contribution in [2.45, 2.75) is 32.0 Å². The van der Waals surface area contributed by atoms with Crippen LogP contribution in [0.5, 0.6) is 0 Å². The molecule has 3 heterocycles. The summed E-state index contributed by atoms with van der Waals surface area (Å²) < 4.78 is 38.2. The first kappa shape index (κ1) is 23.9. The minimum atomic E-state index is -4.55. The number of hydrogen-bond donors (Lipinski definition) is 1. The van der Waals surface area contributed by atoms with E-state index < -0.39 is 11.9 Å². The van der Waals surface area contributed by atoms with E-state index in [9.17, 15) is 18.0 Å². The van der Waals surface area contributed by atoms with Crippen LogP contribution < -0.4 is 5.32 Å². The summed E-state index contributed by atoms with van der Waals surface area (Å²) in [5.74, 6) is 0.576. The van der Waals surface area contributed by atoms with Gasteiger partial charge in [0.15, 0.2) is 11.5 Å². The zero-order valence-electron chi connectivity index (χ0n) is 18.3. The Morgan fingerprint density at radius 3 is 2.62 bits per heavy atom. The predicted molar refractivity (Wildman–Crippen MR) is 121 cm³/mol. The highest BCUT2D eigenvalue weighted by atomic mass is 35.5. The van der Waals surface area contributed by atoms with Crippen molar-refractivity contribution in [3.05, 3.63) is 65.1 Å². The zero-order chi connectivity index (χ0) is 24.3. The Balaban J connectivity index is 1.57. The molecule has 0 unspecified atom stereocenters. The van der Waals surface area contributed by atoms with Gasteiger partial charge >= 0.3 is 6.18 Å². The maximum absolute atomic E-state index is 13.7. The van der Waals surface area contributed by atoms with Crippen LogP contribution in [0.3, 0.4) is 0 Å². The first-order valence-corrected chi connectivity index (χ1v) is 11.1. The van der Waals surface area contributed by atoms with Gasteiger partial charge in [-0.25, -0.2) is 9.97 Å². The second-order valence-electron chi connectivity index (χ2n) is 8.13. The van der Waals surface area contributed by atoms with Crippen LogP contribution in [-0.2, 0) is 6.18 Å². The molecular formula is C23H22ClF3N6O. The lowest BCUT2D eigenvalue weighted by atomic mass is 9.89. The van der Waals surface area contributed by atoms with Crippen molar-refractivity contribution in [2.75, 3.05) is 18.4 Å². The highest BCUT2D eigenvalue weighted by molar-refractivity contribution is 6.31. The molecule has 7 nitrogen and oxygen atoms in total. The standard InChI is InChI=1S/C23H22ClF3N6O/c1-14-4-2-11-33(18(14)13-30-20-8-7-19(31-32-20)23(25,26)27)22(34)17-12-15(24)5-6-16(17)21-28-9-3-10-29-21/h3,5-10,12,14,18H,2,4,11,13H2,1H3,(H,30,32)/t14-,18-/m1/s1. The SMILES string of the molecule is C[C@@H]1CCCN(C(=O)c2cc(Cl)ccc2-c2ncccn2)[C@@H]1CNc1ccc(C(F)(F)F)nn1. The van der Waals surface area contributed by atoms with Gasteiger partial charge in [0, 0.05) is 36.1 Å². The van der Waals surface area contributed by atoms with E-state index in [1.54, 1.807) is 41.6 Å². The Labute approximate surface area is 199 Å². The number of carbonyl (C=O) groups excluding carboxylic acids is 1. The van der Waals surface area contributed by atoms with Crippen LogP contribution in [0.4, 0.5) is 19.0 Å². The van der Waals surface area contributed by atoms with E-state index in [1.165, 1.54) is 6.07 Å². The van der Waals surface area contributed by atoms with Gasteiger partial charge in [-0.05, 0) is 55.2 Å². The number of rotatable bonds is 5. The minimum absolute atomic E-state index is 0.156. The lowest BCUT2D eigenvalue weighted by Gasteiger charge is -2.40. The van der Waals surface area contributed by atoms with Crippen LogP contribution in [0, 0.1) is 5.92 Å². The fraction of sp³-hybridized carbons (Fsp3) is 0.348. The molecule has 4 rings (SSSR count). The number of nitrogens with zero attached hydrogens (tertiary/aromatic N) is 5. The quantitative estimate of drug-likeness (QED) is 0.544. The second-order valence-corrected chi connectivity index (χ2v) is 8.57. The lowest BCUT2D eigenvalue weighted by molar-refractivity contribution is -0.141. The third kappa shape index (κ3) is 5.27. The summed E-state index contributed by atoms with van der Waals surface area (Å²) in [6, 6.07) is 8.61. The van der Waals surface area contributed by atoms with Crippen molar-refractivity contribution in [1.82, 2.24) is 25.1 Å². The van der Waals surface area contributed by atoms with Crippen LogP contribution in [0.15, 0.2) is 48.8 Å². The molecule has 3 aromatic rings. The van der Waals surface area contributed by atoms with Crippen molar-refractivity contribution in [3.8, 4) is 11.4 Å². The molecule has 1 fully saturated rings. The van der Waals surface area contributed by atoms with Gasteiger partial charge < -0.3 is 10.2 Å². The average molecular weight is 491 g/mol. The van der Waals surface area contributed by atoms with Gasteiger partial charge in [0.2, 0.25) is 0 Å². The second kappa shape index (κ2) is 9.92. The molecule has 11 heteroatoms. The van der Waals surface area contributed by atoms with Crippen LogP contribution in [-0.4, -0.2) is 50.1 Å². The van der Waals surface area contributed by atoms with E-state index in [-0.39, 0.29) is 23.7 Å². The van der Waals surface area contributed by atoms with Crippen molar-refractivity contribution >= 4 is 23.3 Å². The summed E-state index contributed by atoms with van der Waals surface area (Å²) in [5, 5.41) is 10.3. The number of halogens is 4. The molecule has 1 N–H and O–H groups in total. The summed E-state index contributed by atoms with van der Waals surface area (Å²) in [6.07, 6.45) is 0.405. The lowest BCUT2D eigenvalue weighted by Crippen LogP contribution is -2.51. The molecule has 2 aromatic heterocycles. The molecule has 1 aliphatic rings. The van der Waals surface area contributed by atoms with Gasteiger partial charge in [0.25, 0.3) is 5.91 Å². The molecule has 0 radical (unpaired) electrons. The summed E-state index contributed by atoms with van der Waals surface area (Å²) in [4.78, 5) is 24.0. The third-order valence-corrected chi connectivity index (χ3v) is 6.08. The molecule has 34 heavy (non-hydrogen) atoms. The molecule has 0 bridgehead atoms. The van der Waals surface area contributed by atoms with E-state index in [2.05, 4.69) is 25.5 Å². The maximum atomic E-state index is 13.7. The van der Waals surface area contributed by atoms with Crippen LogP contribution in [0.2, 0.25) is 5.02 Å². The van der Waals surface area contributed by atoms with Gasteiger partial charge in [0.05, 0.1) is 11.6 Å². The molecule has 0 spiro atoms. The predicted octanol–water partition coefficient (Wildman–Crippen LogP) is 4.96. The Morgan fingerprint density at radius 1 is 1.18 bits per heavy atom. The topological polar surface area (TPSA) is 83.9 Å². The fourth-order valence-corrected chi connectivity index (χ4v) is 4.25. The molecule has 178 valence electrons. The normalized spacial score (nSPS) is 18.6. The molecular weight excluding hydrogens is 469 g/mol. The molecule has 0 aliphatic carbocycles. The highest BCUT2D eigenvalue weighted by Crippen LogP contribution is 2.30. The number of anilines is 1. The van der Waals surface area contributed by atoms with Crippen LogP contribution >= 0.6 is 11.6 Å². The number of amides is 1. The van der Waals surface area contributed by atoms with E-state index >= 15 is 0 Å². The van der Waals surface area contributed by atoms with Crippen molar-refractivity contribution in [3.63, 3.8) is 0 Å². The first-order valence-electron chi connectivity index (χ1n) is 10.8. The summed E-state index contributed by atoms with van der Waals surface area (Å²) in [6.45, 7) is 2.89. The number of piperidine rings is 1. The van der Waals surface area contributed by atoms with E-state index in [0.29, 0.717) is 35.1 Å². The Bertz CT molecular complexity index is 1140. The van der Waals surface area contributed by atoms with Gasteiger partial charge in [-0.3, -0.25) is 4.79 Å². The van der Waals surface area contributed by atoms with Crippen molar-refractivity contribution in [1.29, 1.82) is 0 Å². The first-order chi connectivity index (χ1) is 16.2. The number of aromatic nitrogens is 4. The molecule has 2 atom stereocenters. The van der Waals surface area contributed by atoms with E-state index in [4.69, 9.17) is 11.6 Å². The van der Waals surface area contributed by atoms with Gasteiger partial charge in [-0.15, -0.1) is 10.2 Å². The Kier molecular flexibility index (Phi) is 6.97. The van der Waals surface area contributed by atoms with Crippen LogP contribution in [0.1, 0.15) is 35.8 Å². The average Bonchev–Trinajstić information content (AvgIpc) is 2.83. The molecule has 1 amide bonds. The highest BCUT2D eigenvalue weighted by Gasteiger charge is 2.35. The van der Waals surface area contributed by atoms with E-state index in [0.717, 1.165) is 18.9 Å².